The summed E-state index contributed by atoms with van der Waals surface area (Å²) < 4.78 is 0. The summed E-state index contributed by atoms with van der Waals surface area (Å²) >= 11 is 5.99. The average molecular weight is 271 g/mol. The van der Waals surface area contributed by atoms with Crippen LogP contribution in [0.2, 0.25) is 5.02 Å². The number of hydrogen-bond acceptors (Lipinski definition) is 4. The molecule has 0 amide bonds. The van der Waals surface area contributed by atoms with E-state index in [2.05, 4.69) is 0 Å². The number of nitrogens with zero attached hydrogens (tertiary/aromatic N) is 2. The van der Waals surface area contributed by atoms with Crippen LogP contribution in [-0.2, 0) is 0 Å². The Hall–Kier alpha value is -1.82. The fourth-order valence-electron chi connectivity index (χ4n) is 2.12. The lowest BCUT2D eigenvalue weighted by Gasteiger charge is -2.21. The molecule has 0 bridgehead atoms. The van der Waals surface area contributed by atoms with Crippen molar-refractivity contribution in [1.82, 2.24) is 0 Å². The fourth-order valence-corrected chi connectivity index (χ4v) is 2.45. The first kappa shape index (κ1) is 12.6. The Morgan fingerprint density at radius 1 is 1.39 bits per heavy atom. The van der Waals surface area contributed by atoms with Gasteiger partial charge in [0.25, 0.3) is 5.69 Å². The molecular formula is C11H11ClN2O4. The number of rotatable bonds is 3. The third-order valence-electron chi connectivity index (χ3n) is 2.91. The molecule has 6 nitrogen and oxygen atoms in total. The summed E-state index contributed by atoms with van der Waals surface area (Å²) in [4.78, 5) is 23.1. The highest BCUT2D eigenvalue weighted by atomic mass is 35.5. The molecule has 1 aliphatic rings. The van der Waals surface area contributed by atoms with E-state index in [1.807, 2.05) is 4.90 Å². The van der Waals surface area contributed by atoms with Gasteiger partial charge in [-0.25, -0.2) is 4.79 Å². The standard InChI is InChI=1S/C11H11ClN2O4/c12-9-6-7(14(17)18)5-8(11(15)16)10(9)13-3-1-2-4-13/h5-6H,1-4H2,(H,15,16). The van der Waals surface area contributed by atoms with Crippen molar-refractivity contribution in [2.45, 2.75) is 12.8 Å². The zero-order valence-electron chi connectivity index (χ0n) is 9.43. The van der Waals surface area contributed by atoms with Gasteiger partial charge in [0.15, 0.2) is 0 Å². The van der Waals surface area contributed by atoms with E-state index in [0.29, 0.717) is 5.69 Å². The summed E-state index contributed by atoms with van der Waals surface area (Å²) in [5.41, 5.74) is -0.0382. The van der Waals surface area contributed by atoms with Crippen LogP contribution in [0.1, 0.15) is 23.2 Å². The Morgan fingerprint density at radius 2 is 2.00 bits per heavy atom. The molecule has 96 valence electrons. The van der Waals surface area contributed by atoms with Crippen molar-refractivity contribution in [3.8, 4) is 0 Å². The maximum atomic E-state index is 11.2. The Bertz CT molecular complexity index is 512. The predicted octanol–water partition coefficient (Wildman–Crippen LogP) is 2.55. The second-order valence-electron chi connectivity index (χ2n) is 4.08. The zero-order chi connectivity index (χ0) is 13.3. The number of benzene rings is 1. The summed E-state index contributed by atoms with van der Waals surface area (Å²) in [7, 11) is 0. The molecule has 1 fully saturated rings. The number of aromatic carboxylic acids is 1. The molecule has 0 aliphatic carbocycles. The van der Waals surface area contributed by atoms with E-state index >= 15 is 0 Å². The minimum atomic E-state index is -1.21. The second-order valence-corrected chi connectivity index (χ2v) is 4.49. The van der Waals surface area contributed by atoms with Crippen molar-refractivity contribution in [3.63, 3.8) is 0 Å². The number of nitro benzene ring substituents is 1. The fraction of sp³-hybridized carbons (Fsp3) is 0.364. The van der Waals surface area contributed by atoms with Crippen molar-refractivity contribution >= 4 is 28.9 Å². The monoisotopic (exact) mass is 270 g/mol. The number of hydrogen-bond donors (Lipinski definition) is 1. The van der Waals surface area contributed by atoms with Crippen molar-refractivity contribution in [1.29, 1.82) is 0 Å². The van der Waals surface area contributed by atoms with Gasteiger partial charge in [0.1, 0.15) is 0 Å². The van der Waals surface area contributed by atoms with Crippen LogP contribution in [0.5, 0.6) is 0 Å². The molecular weight excluding hydrogens is 260 g/mol. The van der Waals surface area contributed by atoms with E-state index in [1.165, 1.54) is 6.07 Å². The molecule has 7 heteroatoms. The van der Waals surface area contributed by atoms with Gasteiger partial charge in [-0.05, 0) is 12.8 Å². The first-order chi connectivity index (χ1) is 8.50. The molecule has 1 heterocycles. The van der Waals surface area contributed by atoms with Crippen LogP contribution in [0, 0.1) is 10.1 Å². The van der Waals surface area contributed by atoms with Gasteiger partial charge < -0.3 is 10.0 Å². The molecule has 18 heavy (non-hydrogen) atoms. The topological polar surface area (TPSA) is 83.7 Å². The number of nitro groups is 1. The summed E-state index contributed by atoms with van der Waals surface area (Å²) in [5, 5.41) is 20.0. The summed E-state index contributed by atoms with van der Waals surface area (Å²) in [5.74, 6) is -1.21. The molecule has 2 rings (SSSR count). The van der Waals surface area contributed by atoms with Gasteiger partial charge >= 0.3 is 5.97 Å². The smallest absolute Gasteiger partial charge is 0.338 e. The van der Waals surface area contributed by atoms with Crippen LogP contribution in [-0.4, -0.2) is 29.1 Å². The summed E-state index contributed by atoms with van der Waals surface area (Å²) in [6, 6.07) is 2.25. The first-order valence-corrected chi connectivity index (χ1v) is 5.84. The summed E-state index contributed by atoms with van der Waals surface area (Å²) in [6.45, 7) is 1.44. The minimum Gasteiger partial charge on any atom is -0.478 e. The van der Waals surface area contributed by atoms with E-state index in [-0.39, 0.29) is 16.3 Å². The van der Waals surface area contributed by atoms with Crippen LogP contribution in [0.25, 0.3) is 0 Å². The molecule has 0 spiro atoms. The Labute approximate surface area is 108 Å². The molecule has 1 saturated heterocycles. The van der Waals surface area contributed by atoms with E-state index < -0.39 is 10.9 Å². The molecule has 1 aromatic rings. The highest BCUT2D eigenvalue weighted by molar-refractivity contribution is 6.34. The lowest BCUT2D eigenvalue weighted by Crippen LogP contribution is -2.21. The summed E-state index contributed by atoms with van der Waals surface area (Å²) in [6.07, 6.45) is 1.93. The third kappa shape index (κ3) is 2.24. The molecule has 1 aliphatic heterocycles. The quantitative estimate of drug-likeness (QED) is 0.674. The minimum absolute atomic E-state index is 0.114. The van der Waals surface area contributed by atoms with Gasteiger partial charge in [-0.1, -0.05) is 11.6 Å². The van der Waals surface area contributed by atoms with Crippen molar-refractivity contribution < 1.29 is 14.8 Å². The normalized spacial score (nSPS) is 14.8. The van der Waals surface area contributed by atoms with E-state index in [1.54, 1.807) is 0 Å². The van der Waals surface area contributed by atoms with E-state index in [9.17, 15) is 14.9 Å². The van der Waals surface area contributed by atoms with Crippen LogP contribution < -0.4 is 4.90 Å². The molecule has 0 aromatic heterocycles. The largest absolute Gasteiger partial charge is 0.478 e. The molecule has 0 saturated carbocycles. The van der Waals surface area contributed by atoms with Crippen LogP contribution >= 0.6 is 11.6 Å². The van der Waals surface area contributed by atoms with Gasteiger partial charge in [0.05, 0.1) is 21.2 Å². The van der Waals surface area contributed by atoms with E-state index in [4.69, 9.17) is 16.7 Å². The number of carboxylic acids is 1. The SMILES string of the molecule is O=C(O)c1cc([N+](=O)[O-])cc(Cl)c1N1CCCC1. The molecule has 0 unspecified atom stereocenters. The molecule has 0 atom stereocenters. The number of halogens is 1. The Balaban J connectivity index is 2.56. The lowest BCUT2D eigenvalue weighted by atomic mass is 10.1. The number of anilines is 1. The Morgan fingerprint density at radius 3 is 2.50 bits per heavy atom. The van der Waals surface area contributed by atoms with Gasteiger partial charge in [0, 0.05) is 25.2 Å². The second kappa shape index (κ2) is 4.81. The van der Waals surface area contributed by atoms with Crippen LogP contribution in [0.15, 0.2) is 12.1 Å². The van der Waals surface area contributed by atoms with E-state index in [0.717, 1.165) is 32.0 Å². The molecule has 1 N–H and O–H groups in total. The van der Waals surface area contributed by atoms with Crippen molar-refractivity contribution in [3.05, 3.63) is 32.8 Å². The first-order valence-electron chi connectivity index (χ1n) is 5.47. The van der Waals surface area contributed by atoms with Crippen molar-refractivity contribution in [2.24, 2.45) is 0 Å². The highest BCUT2D eigenvalue weighted by Crippen LogP contribution is 2.35. The third-order valence-corrected chi connectivity index (χ3v) is 3.20. The zero-order valence-corrected chi connectivity index (χ0v) is 10.2. The molecule has 1 aromatic carbocycles. The number of carbonyl (C=O) groups is 1. The van der Waals surface area contributed by atoms with Gasteiger partial charge in [-0.3, -0.25) is 10.1 Å². The van der Waals surface area contributed by atoms with Gasteiger partial charge in [0.2, 0.25) is 0 Å². The van der Waals surface area contributed by atoms with Crippen LogP contribution in [0.4, 0.5) is 11.4 Å². The van der Waals surface area contributed by atoms with Gasteiger partial charge in [-0.15, -0.1) is 0 Å². The number of non-ortho nitro benzene ring substituents is 1. The Kier molecular flexibility index (Phi) is 3.38. The maximum absolute atomic E-state index is 11.2. The number of carboxylic acid groups (broad SMARTS) is 1. The van der Waals surface area contributed by atoms with Crippen molar-refractivity contribution in [2.75, 3.05) is 18.0 Å². The van der Waals surface area contributed by atoms with Gasteiger partial charge in [-0.2, -0.15) is 0 Å². The molecule has 0 radical (unpaired) electrons. The van der Waals surface area contributed by atoms with Crippen LogP contribution in [0.3, 0.4) is 0 Å². The maximum Gasteiger partial charge on any atom is 0.338 e. The lowest BCUT2D eigenvalue weighted by molar-refractivity contribution is -0.384. The average Bonchev–Trinajstić information content (AvgIpc) is 2.80. The highest BCUT2D eigenvalue weighted by Gasteiger charge is 2.25. The predicted molar refractivity (Wildman–Crippen MR) is 66.5 cm³/mol.